The van der Waals surface area contributed by atoms with Gasteiger partial charge in [0.05, 0.1) is 6.04 Å². The Balaban J connectivity index is 1.91. The fourth-order valence-electron chi connectivity index (χ4n) is 3.94. The summed E-state index contributed by atoms with van der Waals surface area (Å²) in [5, 5.41) is 3.05. The number of rotatable bonds is 8. The van der Waals surface area contributed by atoms with Gasteiger partial charge in [0.2, 0.25) is 11.8 Å². The number of nitrogens with zero attached hydrogens (tertiary/aromatic N) is 2. The molecule has 1 aliphatic heterocycles. The van der Waals surface area contributed by atoms with Crippen LogP contribution in [0.5, 0.6) is 5.75 Å². The Morgan fingerprint density at radius 3 is 2.50 bits per heavy atom. The molecule has 1 heterocycles. The molecule has 0 spiro atoms. The van der Waals surface area contributed by atoms with Crippen molar-refractivity contribution in [2.24, 2.45) is 5.92 Å². The van der Waals surface area contributed by atoms with Crippen LogP contribution in [0.25, 0.3) is 0 Å². The Labute approximate surface area is 191 Å². The van der Waals surface area contributed by atoms with Crippen molar-refractivity contribution < 1.29 is 14.3 Å². The van der Waals surface area contributed by atoms with Crippen molar-refractivity contribution in [3.05, 3.63) is 65.7 Å². The summed E-state index contributed by atoms with van der Waals surface area (Å²) in [6.07, 6.45) is 1.18. The lowest BCUT2D eigenvalue weighted by atomic mass is 10.0. The number of benzene rings is 2. The smallest absolute Gasteiger partial charge is 0.246 e. The molecule has 6 nitrogen and oxygen atoms in total. The van der Waals surface area contributed by atoms with E-state index >= 15 is 0 Å². The molecule has 3 atom stereocenters. The van der Waals surface area contributed by atoms with Gasteiger partial charge in [0, 0.05) is 31.0 Å². The van der Waals surface area contributed by atoms with Crippen LogP contribution in [0.4, 0.5) is 0 Å². The van der Waals surface area contributed by atoms with Crippen LogP contribution < -0.4 is 10.1 Å². The number of hydrogen-bond donors (Lipinski definition) is 1. The molecule has 0 saturated carbocycles. The summed E-state index contributed by atoms with van der Waals surface area (Å²) in [7, 11) is 3.99. The van der Waals surface area contributed by atoms with Crippen LogP contribution in [0.1, 0.15) is 31.4 Å². The third-order valence-electron chi connectivity index (χ3n) is 6.00. The van der Waals surface area contributed by atoms with Gasteiger partial charge in [-0.15, -0.1) is 0 Å². The first-order chi connectivity index (χ1) is 15.4. The molecular weight excluding hydrogens is 402 g/mol. The summed E-state index contributed by atoms with van der Waals surface area (Å²) in [5.74, 6) is 0.511. The molecular formula is C26H35N3O3. The van der Waals surface area contributed by atoms with Gasteiger partial charge in [-0.1, -0.05) is 62.4 Å². The monoisotopic (exact) mass is 437 g/mol. The predicted molar refractivity (Wildman–Crippen MR) is 126 cm³/mol. The number of likely N-dealkylation sites (N-methyl/N-ethyl adjacent to an activating group) is 1. The first kappa shape index (κ1) is 23.8. The Bertz CT molecular complexity index is 900. The molecule has 1 aliphatic rings. The third kappa shape index (κ3) is 6.10. The van der Waals surface area contributed by atoms with Gasteiger partial charge in [0.25, 0.3) is 0 Å². The first-order valence-electron chi connectivity index (χ1n) is 11.4. The molecule has 32 heavy (non-hydrogen) atoms. The molecule has 172 valence electrons. The van der Waals surface area contributed by atoms with Crippen LogP contribution >= 0.6 is 0 Å². The standard InChI is InChI=1S/C26H35N3O3/c1-5-19(2)25(30)27-23(15-20-11-7-6-8-12-20)26(31)29-16-21-13-9-10-14-24(21)32-18-22(29)17-28(3)4/h6-14,19,22-23H,5,15-18H2,1-4H3,(H,27,30)/t19-,22-,23-/m0/s1. The summed E-state index contributed by atoms with van der Waals surface area (Å²) in [6.45, 7) is 5.42. The minimum Gasteiger partial charge on any atom is -0.491 e. The topological polar surface area (TPSA) is 61.9 Å². The van der Waals surface area contributed by atoms with E-state index in [9.17, 15) is 9.59 Å². The van der Waals surface area contributed by atoms with Crippen LogP contribution in [-0.4, -0.2) is 60.9 Å². The number of ether oxygens (including phenoxy) is 1. The van der Waals surface area contributed by atoms with Gasteiger partial charge >= 0.3 is 0 Å². The highest BCUT2D eigenvalue weighted by Crippen LogP contribution is 2.26. The van der Waals surface area contributed by atoms with Crippen molar-refractivity contribution in [2.75, 3.05) is 27.2 Å². The van der Waals surface area contributed by atoms with Crippen molar-refractivity contribution in [3.63, 3.8) is 0 Å². The second kappa shape index (κ2) is 11.1. The molecule has 1 N–H and O–H groups in total. The zero-order valence-electron chi connectivity index (χ0n) is 19.6. The van der Waals surface area contributed by atoms with Crippen molar-refractivity contribution in [1.29, 1.82) is 0 Å². The van der Waals surface area contributed by atoms with E-state index < -0.39 is 6.04 Å². The summed E-state index contributed by atoms with van der Waals surface area (Å²) in [5.41, 5.74) is 2.00. The maximum atomic E-state index is 13.9. The number of para-hydroxylation sites is 1. The zero-order chi connectivity index (χ0) is 23.1. The predicted octanol–water partition coefficient (Wildman–Crippen LogP) is 3.11. The van der Waals surface area contributed by atoms with E-state index in [1.54, 1.807) is 0 Å². The van der Waals surface area contributed by atoms with Crippen LogP contribution in [-0.2, 0) is 22.6 Å². The molecule has 0 radical (unpaired) electrons. The van der Waals surface area contributed by atoms with E-state index in [0.717, 1.165) is 23.3 Å². The Hall–Kier alpha value is -2.86. The van der Waals surface area contributed by atoms with E-state index in [2.05, 4.69) is 10.2 Å². The van der Waals surface area contributed by atoms with E-state index in [4.69, 9.17) is 4.74 Å². The maximum Gasteiger partial charge on any atom is 0.246 e. The van der Waals surface area contributed by atoms with E-state index in [1.165, 1.54) is 0 Å². The number of hydrogen-bond acceptors (Lipinski definition) is 4. The number of nitrogens with one attached hydrogen (secondary N) is 1. The average molecular weight is 438 g/mol. The van der Waals surface area contributed by atoms with Gasteiger partial charge in [0.1, 0.15) is 18.4 Å². The Kier molecular flexibility index (Phi) is 8.28. The van der Waals surface area contributed by atoms with Crippen molar-refractivity contribution >= 4 is 11.8 Å². The molecule has 0 unspecified atom stereocenters. The summed E-state index contributed by atoms with van der Waals surface area (Å²) < 4.78 is 6.07. The van der Waals surface area contributed by atoms with Gasteiger partial charge in [0.15, 0.2) is 0 Å². The largest absolute Gasteiger partial charge is 0.491 e. The molecule has 0 fully saturated rings. The summed E-state index contributed by atoms with van der Waals surface area (Å²) in [6, 6.07) is 17.0. The molecule has 0 bridgehead atoms. The number of carbonyl (C=O) groups is 2. The summed E-state index contributed by atoms with van der Waals surface area (Å²) in [4.78, 5) is 30.7. The van der Waals surface area contributed by atoms with E-state index in [1.807, 2.05) is 87.4 Å². The first-order valence-corrected chi connectivity index (χ1v) is 11.4. The van der Waals surface area contributed by atoms with Crippen molar-refractivity contribution in [3.8, 4) is 5.75 Å². The fourth-order valence-corrected chi connectivity index (χ4v) is 3.94. The van der Waals surface area contributed by atoms with Gasteiger partial charge in [-0.3, -0.25) is 9.59 Å². The quantitative estimate of drug-likeness (QED) is 0.689. The summed E-state index contributed by atoms with van der Waals surface area (Å²) >= 11 is 0. The number of amides is 2. The van der Waals surface area contributed by atoms with Crippen LogP contribution in [0.3, 0.4) is 0 Å². The van der Waals surface area contributed by atoms with Crippen LogP contribution in [0, 0.1) is 5.92 Å². The van der Waals surface area contributed by atoms with Gasteiger partial charge < -0.3 is 19.9 Å². The van der Waals surface area contributed by atoms with Crippen LogP contribution in [0.2, 0.25) is 0 Å². The molecule has 3 rings (SSSR count). The van der Waals surface area contributed by atoms with E-state index in [-0.39, 0.29) is 23.8 Å². The van der Waals surface area contributed by atoms with Crippen molar-refractivity contribution in [1.82, 2.24) is 15.1 Å². The van der Waals surface area contributed by atoms with E-state index in [0.29, 0.717) is 26.1 Å². The SMILES string of the molecule is CC[C@H](C)C(=O)N[C@@H](Cc1ccccc1)C(=O)N1Cc2ccccc2OC[C@@H]1CN(C)C. The molecule has 0 aromatic heterocycles. The molecule has 0 saturated heterocycles. The lowest BCUT2D eigenvalue weighted by Gasteiger charge is -2.34. The average Bonchev–Trinajstić information content (AvgIpc) is 2.97. The van der Waals surface area contributed by atoms with Crippen LogP contribution in [0.15, 0.2) is 54.6 Å². The molecule has 2 amide bonds. The van der Waals surface area contributed by atoms with Gasteiger partial charge in [-0.2, -0.15) is 0 Å². The highest BCUT2D eigenvalue weighted by molar-refractivity contribution is 5.89. The van der Waals surface area contributed by atoms with Crippen molar-refractivity contribution in [2.45, 2.75) is 45.3 Å². The second-order valence-electron chi connectivity index (χ2n) is 8.86. The molecule has 0 aliphatic carbocycles. The lowest BCUT2D eigenvalue weighted by molar-refractivity contribution is -0.140. The lowest BCUT2D eigenvalue weighted by Crippen LogP contribution is -2.55. The third-order valence-corrected chi connectivity index (χ3v) is 6.00. The fraction of sp³-hybridized carbons (Fsp3) is 0.462. The molecule has 2 aromatic rings. The number of fused-ring (bicyclic) bond motifs is 1. The zero-order valence-corrected chi connectivity index (χ0v) is 19.6. The second-order valence-corrected chi connectivity index (χ2v) is 8.86. The maximum absolute atomic E-state index is 13.9. The minimum absolute atomic E-state index is 0.0716. The Morgan fingerprint density at radius 1 is 1.12 bits per heavy atom. The normalized spacial score (nSPS) is 17.7. The Morgan fingerprint density at radius 2 is 1.81 bits per heavy atom. The molecule has 6 heteroatoms. The van der Waals surface area contributed by atoms with Gasteiger partial charge in [-0.25, -0.2) is 0 Å². The highest BCUT2D eigenvalue weighted by Gasteiger charge is 2.34. The van der Waals surface area contributed by atoms with Gasteiger partial charge in [-0.05, 0) is 32.1 Å². The number of carbonyl (C=O) groups excluding carboxylic acids is 2. The highest BCUT2D eigenvalue weighted by atomic mass is 16.5. The minimum atomic E-state index is -0.631. The molecule has 2 aromatic carbocycles.